The molecule has 0 radical (unpaired) electrons. The number of phenolic OH excluding ortho intramolecular Hbond substituents is 1. The van der Waals surface area contributed by atoms with E-state index in [-0.39, 0.29) is 23.8 Å². The molecule has 9 heteroatoms. The molecular formula is C20H22FN7O. The minimum absolute atomic E-state index is 0.0693. The molecule has 3 aliphatic rings. The maximum Gasteiger partial charge on any atom is 0.151 e. The van der Waals surface area contributed by atoms with Crippen LogP contribution in [0, 0.1) is 5.92 Å². The number of anilines is 1. The van der Waals surface area contributed by atoms with E-state index < -0.39 is 6.17 Å². The number of rotatable bonds is 4. The second kappa shape index (κ2) is 7.07. The van der Waals surface area contributed by atoms with Crippen molar-refractivity contribution in [3.8, 4) is 22.7 Å². The molecule has 2 aliphatic heterocycles. The topological polar surface area (TPSA) is 92.0 Å². The molecule has 0 amide bonds. The van der Waals surface area contributed by atoms with E-state index >= 15 is 0 Å². The molecule has 8 nitrogen and oxygen atoms in total. The van der Waals surface area contributed by atoms with Gasteiger partial charge in [0.15, 0.2) is 5.82 Å². The Balaban J connectivity index is 1.38. The fourth-order valence-corrected chi connectivity index (χ4v) is 4.53. The smallest absolute Gasteiger partial charge is 0.151 e. The second-order valence-electron chi connectivity index (χ2n) is 7.72. The predicted octanol–water partition coefficient (Wildman–Crippen LogP) is 1.95. The van der Waals surface area contributed by atoms with Crippen LogP contribution in [0.25, 0.3) is 16.9 Å². The first-order valence-electron chi connectivity index (χ1n) is 9.76. The number of hydrogen-bond acceptors (Lipinski definition) is 7. The standard InChI is InChI=1S/C20H22FN7O/c1-27(20-12-2-5-16(19(20)21)22-11-12)18-7-6-15(24-25-18)14-4-3-13(10-17(14)29)28-9-8-23-26-28/h3-4,6-10,12,16,19-20,22,29H,2,5,11H2,1H3/t12-,16-,19+,20+/m1/s1. The highest BCUT2D eigenvalue weighted by Gasteiger charge is 2.46. The summed E-state index contributed by atoms with van der Waals surface area (Å²) in [6.07, 6.45) is 4.28. The SMILES string of the molecule is CN(c1ccc(-c2ccc(-n3ccnn3)cc2O)nn1)[C@H]1[C@@H]2CC[C@@H](NC2)[C@@H]1F. The van der Waals surface area contributed by atoms with Gasteiger partial charge < -0.3 is 15.3 Å². The van der Waals surface area contributed by atoms with Crippen LogP contribution < -0.4 is 10.2 Å². The first kappa shape index (κ1) is 18.0. The van der Waals surface area contributed by atoms with Gasteiger partial charge in [-0.1, -0.05) is 5.21 Å². The van der Waals surface area contributed by atoms with Crippen LogP contribution >= 0.6 is 0 Å². The first-order valence-corrected chi connectivity index (χ1v) is 9.76. The zero-order valence-electron chi connectivity index (χ0n) is 16.0. The number of piperidine rings is 2. The van der Waals surface area contributed by atoms with Crippen molar-refractivity contribution in [1.82, 2.24) is 30.5 Å². The van der Waals surface area contributed by atoms with Crippen molar-refractivity contribution >= 4 is 5.82 Å². The number of hydrogen-bond donors (Lipinski definition) is 2. The molecule has 1 aliphatic carbocycles. The molecule has 2 N–H and O–H groups in total. The molecule has 1 saturated carbocycles. The van der Waals surface area contributed by atoms with Crippen LogP contribution in [0.3, 0.4) is 0 Å². The van der Waals surface area contributed by atoms with Crippen LogP contribution in [0.2, 0.25) is 0 Å². The Morgan fingerprint density at radius 1 is 1.21 bits per heavy atom. The second-order valence-corrected chi connectivity index (χ2v) is 7.72. The van der Waals surface area contributed by atoms with Gasteiger partial charge in [0.2, 0.25) is 0 Å². The van der Waals surface area contributed by atoms with Gasteiger partial charge in [-0.15, -0.1) is 15.3 Å². The maximum absolute atomic E-state index is 14.8. The van der Waals surface area contributed by atoms with Crippen molar-refractivity contribution < 1.29 is 9.50 Å². The van der Waals surface area contributed by atoms with Crippen LogP contribution in [-0.2, 0) is 0 Å². The summed E-state index contributed by atoms with van der Waals surface area (Å²) >= 11 is 0. The molecule has 150 valence electrons. The van der Waals surface area contributed by atoms with Gasteiger partial charge in [-0.2, -0.15) is 0 Å². The summed E-state index contributed by atoms with van der Waals surface area (Å²) in [7, 11) is 1.88. The molecule has 29 heavy (non-hydrogen) atoms. The highest BCUT2D eigenvalue weighted by atomic mass is 19.1. The number of aromatic hydroxyl groups is 1. The zero-order chi connectivity index (χ0) is 20.0. The molecule has 6 rings (SSSR count). The summed E-state index contributed by atoms with van der Waals surface area (Å²) in [5, 5.41) is 30.0. The molecule has 0 unspecified atom stereocenters. The van der Waals surface area contributed by atoms with Gasteiger partial charge in [-0.3, -0.25) is 0 Å². The highest BCUT2D eigenvalue weighted by molar-refractivity contribution is 5.69. The predicted molar refractivity (Wildman–Crippen MR) is 106 cm³/mol. The van der Waals surface area contributed by atoms with Gasteiger partial charge >= 0.3 is 0 Å². The molecule has 3 fully saturated rings. The Hall–Kier alpha value is -3.07. The number of nitrogens with one attached hydrogen (secondary N) is 1. The molecule has 2 bridgehead atoms. The van der Waals surface area contributed by atoms with Gasteiger partial charge in [-0.05, 0) is 43.0 Å². The summed E-state index contributed by atoms with van der Waals surface area (Å²) in [4.78, 5) is 1.91. The van der Waals surface area contributed by atoms with E-state index in [1.807, 2.05) is 24.1 Å². The average Bonchev–Trinajstić information content (AvgIpc) is 3.29. The number of fused-ring (bicyclic) bond motifs is 3. The zero-order valence-corrected chi connectivity index (χ0v) is 16.0. The Labute approximate surface area is 167 Å². The Morgan fingerprint density at radius 2 is 2.10 bits per heavy atom. The quantitative estimate of drug-likeness (QED) is 0.698. The monoisotopic (exact) mass is 395 g/mol. The number of halogens is 1. The van der Waals surface area contributed by atoms with Crippen LogP contribution in [0.1, 0.15) is 12.8 Å². The van der Waals surface area contributed by atoms with Crippen LogP contribution in [-0.4, -0.2) is 62.1 Å². The number of nitrogens with zero attached hydrogens (tertiary/aromatic N) is 6. The fourth-order valence-electron chi connectivity index (χ4n) is 4.53. The summed E-state index contributed by atoms with van der Waals surface area (Å²) in [5.41, 5.74) is 1.82. The molecule has 1 aromatic carbocycles. The normalized spacial score (nSPS) is 25.9. The van der Waals surface area contributed by atoms with Crippen molar-refractivity contribution in [3.63, 3.8) is 0 Å². The largest absolute Gasteiger partial charge is 0.507 e. The summed E-state index contributed by atoms with van der Waals surface area (Å²) in [6.45, 7) is 0.845. The van der Waals surface area contributed by atoms with Crippen LogP contribution in [0.4, 0.5) is 10.2 Å². The fraction of sp³-hybridized carbons (Fsp3) is 0.400. The molecule has 4 atom stereocenters. The summed E-state index contributed by atoms with van der Waals surface area (Å²) < 4.78 is 16.4. The van der Waals surface area contributed by atoms with Crippen molar-refractivity contribution in [2.24, 2.45) is 5.92 Å². The van der Waals surface area contributed by atoms with Crippen molar-refractivity contribution in [1.29, 1.82) is 0 Å². The van der Waals surface area contributed by atoms with Gasteiger partial charge in [0, 0.05) is 31.3 Å². The van der Waals surface area contributed by atoms with E-state index in [1.54, 1.807) is 35.3 Å². The van der Waals surface area contributed by atoms with Crippen molar-refractivity contribution in [3.05, 3.63) is 42.7 Å². The molecule has 0 spiro atoms. The van der Waals surface area contributed by atoms with Crippen LogP contribution in [0.15, 0.2) is 42.7 Å². The van der Waals surface area contributed by atoms with E-state index in [1.165, 1.54) is 0 Å². The van der Waals surface area contributed by atoms with E-state index in [2.05, 4.69) is 25.8 Å². The Kier molecular flexibility index (Phi) is 4.39. The van der Waals surface area contributed by atoms with E-state index in [9.17, 15) is 9.50 Å². The molecule has 4 heterocycles. The first-order chi connectivity index (χ1) is 14.1. The lowest BCUT2D eigenvalue weighted by Gasteiger charge is -2.49. The van der Waals surface area contributed by atoms with Crippen molar-refractivity contribution in [2.75, 3.05) is 18.5 Å². The molecule has 2 saturated heterocycles. The molecular weight excluding hydrogens is 373 g/mol. The third kappa shape index (κ3) is 3.11. The van der Waals surface area contributed by atoms with Gasteiger partial charge in [0.05, 0.1) is 29.8 Å². The molecule has 2 aromatic heterocycles. The lowest BCUT2D eigenvalue weighted by molar-refractivity contribution is 0.0702. The Bertz CT molecular complexity index is 985. The van der Waals surface area contributed by atoms with Gasteiger partial charge in [0.1, 0.15) is 11.9 Å². The number of aromatic nitrogens is 5. The van der Waals surface area contributed by atoms with E-state index in [4.69, 9.17) is 0 Å². The summed E-state index contributed by atoms with van der Waals surface area (Å²) in [5.74, 6) is 0.982. The average molecular weight is 395 g/mol. The Morgan fingerprint density at radius 3 is 2.72 bits per heavy atom. The maximum atomic E-state index is 14.8. The third-order valence-electron chi connectivity index (χ3n) is 6.09. The van der Waals surface area contributed by atoms with Crippen LogP contribution in [0.5, 0.6) is 5.75 Å². The molecule has 3 aromatic rings. The minimum atomic E-state index is -0.914. The van der Waals surface area contributed by atoms with E-state index in [0.717, 1.165) is 19.4 Å². The third-order valence-corrected chi connectivity index (χ3v) is 6.09. The number of benzene rings is 1. The van der Waals surface area contributed by atoms with E-state index in [0.29, 0.717) is 22.8 Å². The van der Waals surface area contributed by atoms with Gasteiger partial charge in [-0.25, -0.2) is 9.07 Å². The number of alkyl halides is 1. The minimum Gasteiger partial charge on any atom is -0.507 e. The lowest BCUT2D eigenvalue weighted by atomic mass is 9.75. The number of phenols is 1. The highest BCUT2D eigenvalue weighted by Crippen LogP contribution is 2.36. The summed E-state index contributed by atoms with van der Waals surface area (Å²) in [6, 6.07) is 8.57. The van der Waals surface area contributed by atoms with Crippen molar-refractivity contribution in [2.45, 2.75) is 31.1 Å². The van der Waals surface area contributed by atoms with Gasteiger partial charge in [0.25, 0.3) is 0 Å². The lowest BCUT2D eigenvalue weighted by Crippen LogP contribution is -2.64.